The minimum Gasteiger partial charge on any atom is -0.309 e. The van der Waals surface area contributed by atoms with Crippen molar-refractivity contribution in [2.24, 2.45) is 0 Å². The molecule has 0 atom stereocenters. The van der Waals surface area contributed by atoms with Crippen LogP contribution >= 0.6 is 0 Å². The Bertz CT molecular complexity index is 2080. The van der Waals surface area contributed by atoms with Crippen LogP contribution in [0.5, 0.6) is 0 Å². The van der Waals surface area contributed by atoms with Crippen molar-refractivity contribution in [3.63, 3.8) is 0 Å². The summed E-state index contributed by atoms with van der Waals surface area (Å²) in [5.74, 6) is 0. The third-order valence-electron chi connectivity index (χ3n) is 10.2. The molecule has 196 valence electrons. The van der Waals surface area contributed by atoms with E-state index in [2.05, 4.69) is 148 Å². The summed E-state index contributed by atoms with van der Waals surface area (Å²) in [7, 11) is 0. The van der Waals surface area contributed by atoms with E-state index in [1.807, 2.05) is 0 Å². The summed E-state index contributed by atoms with van der Waals surface area (Å²) < 4.78 is 0. The molecule has 0 fully saturated rings. The van der Waals surface area contributed by atoms with Gasteiger partial charge in [0.25, 0.3) is 0 Å². The van der Waals surface area contributed by atoms with E-state index in [0.29, 0.717) is 0 Å². The Balaban J connectivity index is 1.30. The van der Waals surface area contributed by atoms with Crippen LogP contribution in [0.15, 0.2) is 115 Å². The number of fused-ring (bicyclic) bond motifs is 7. The number of hydrogen-bond acceptors (Lipinski definition) is 1. The van der Waals surface area contributed by atoms with E-state index < -0.39 is 0 Å². The fourth-order valence-corrected chi connectivity index (χ4v) is 8.11. The van der Waals surface area contributed by atoms with Gasteiger partial charge in [-0.3, -0.25) is 0 Å². The van der Waals surface area contributed by atoms with Gasteiger partial charge >= 0.3 is 0 Å². The Kier molecular flexibility index (Phi) is 4.26. The van der Waals surface area contributed by atoms with Gasteiger partial charge in [-0.2, -0.15) is 0 Å². The van der Waals surface area contributed by atoms with E-state index in [9.17, 15) is 0 Å². The van der Waals surface area contributed by atoms with E-state index in [1.54, 1.807) is 0 Å². The number of para-hydroxylation sites is 2. The molecule has 0 bridgehead atoms. The lowest BCUT2D eigenvalue weighted by Crippen LogP contribution is -2.38. The predicted octanol–water partition coefficient (Wildman–Crippen LogP) is 10.9. The normalized spacial score (nSPS) is 16.1. The lowest BCUT2D eigenvalue weighted by atomic mass is 9.66. The van der Waals surface area contributed by atoms with E-state index in [0.717, 1.165) is 0 Å². The first-order chi connectivity index (χ1) is 19.9. The van der Waals surface area contributed by atoms with Gasteiger partial charge < -0.3 is 4.90 Å². The molecular weight excluding hydrogens is 494 g/mol. The zero-order valence-corrected chi connectivity index (χ0v) is 23.9. The maximum absolute atomic E-state index is 2.54. The Hall–Kier alpha value is -4.62. The Labute approximate surface area is 241 Å². The Morgan fingerprint density at radius 2 is 1.00 bits per heavy atom. The lowest BCUT2D eigenvalue weighted by molar-refractivity contribution is 0.597. The zero-order valence-electron chi connectivity index (χ0n) is 23.9. The van der Waals surface area contributed by atoms with Crippen molar-refractivity contribution >= 4 is 27.8 Å². The van der Waals surface area contributed by atoms with E-state index in [-0.39, 0.29) is 10.8 Å². The van der Waals surface area contributed by atoms with E-state index in [1.165, 1.54) is 83.5 Å². The van der Waals surface area contributed by atoms with Crippen LogP contribution in [0, 0.1) is 0 Å². The zero-order chi connectivity index (χ0) is 27.7. The summed E-state index contributed by atoms with van der Waals surface area (Å²) >= 11 is 0. The van der Waals surface area contributed by atoms with Gasteiger partial charge in [-0.25, -0.2) is 0 Å². The van der Waals surface area contributed by atoms with Crippen LogP contribution in [0.4, 0.5) is 17.1 Å². The third-order valence-corrected chi connectivity index (χ3v) is 10.2. The third kappa shape index (κ3) is 2.77. The summed E-state index contributed by atoms with van der Waals surface area (Å²) in [6, 6.07) is 43.4. The fourth-order valence-electron chi connectivity index (χ4n) is 8.11. The number of anilines is 3. The van der Waals surface area contributed by atoms with E-state index >= 15 is 0 Å². The molecule has 2 heterocycles. The summed E-state index contributed by atoms with van der Waals surface area (Å²) in [5.41, 5.74) is 17.3. The van der Waals surface area contributed by atoms with Gasteiger partial charge in [0.15, 0.2) is 0 Å². The van der Waals surface area contributed by atoms with Gasteiger partial charge in [0.2, 0.25) is 0 Å². The second-order valence-corrected chi connectivity index (χ2v) is 13.0. The first kappa shape index (κ1) is 23.1. The molecule has 0 saturated heterocycles. The second kappa shape index (κ2) is 7.56. The Morgan fingerprint density at radius 3 is 1.78 bits per heavy atom. The molecule has 0 amide bonds. The highest BCUT2D eigenvalue weighted by atomic mass is 15.2. The molecule has 41 heavy (non-hydrogen) atoms. The van der Waals surface area contributed by atoms with Gasteiger partial charge in [-0.15, -0.1) is 0 Å². The molecule has 0 radical (unpaired) electrons. The summed E-state index contributed by atoms with van der Waals surface area (Å²) in [6.45, 7) is 9.55. The SMILES string of the molecule is CC1(C)c2ccccc2N2c3ccc(-c4ccc5c6c(cccc46)-c4ccccc4-5)cc3C(C)(C)c3cccc1c32. The molecule has 1 nitrogen and oxygen atoms in total. The lowest BCUT2D eigenvalue weighted by Gasteiger charge is -2.49. The molecule has 0 aromatic heterocycles. The first-order valence-corrected chi connectivity index (χ1v) is 14.7. The largest absolute Gasteiger partial charge is 0.309 e. The highest BCUT2D eigenvalue weighted by Crippen LogP contribution is 2.60. The monoisotopic (exact) mass is 525 g/mol. The van der Waals surface area contributed by atoms with E-state index in [4.69, 9.17) is 0 Å². The van der Waals surface area contributed by atoms with Crippen molar-refractivity contribution in [3.8, 4) is 33.4 Å². The maximum Gasteiger partial charge on any atom is 0.0543 e. The van der Waals surface area contributed by atoms with Crippen molar-refractivity contribution < 1.29 is 0 Å². The molecule has 0 spiro atoms. The molecule has 0 saturated carbocycles. The summed E-state index contributed by atoms with van der Waals surface area (Å²) in [4.78, 5) is 2.54. The number of rotatable bonds is 1. The minimum atomic E-state index is -0.138. The molecule has 3 aliphatic rings. The van der Waals surface area contributed by atoms with Crippen LogP contribution in [0.2, 0.25) is 0 Å². The van der Waals surface area contributed by atoms with Crippen molar-refractivity contribution in [2.75, 3.05) is 4.90 Å². The predicted molar refractivity (Wildman–Crippen MR) is 173 cm³/mol. The van der Waals surface area contributed by atoms with Gasteiger partial charge in [0.1, 0.15) is 0 Å². The smallest absolute Gasteiger partial charge is 0.0543 e. The standard InChI is InChI=1S/C40H31N/c1-39(2)31-15-7-8-18-35(31)41-36-22-19-24(23-34(36)40(3,4)33-17-10-16-32(39)38(33)41)25-20-21-30-27-12-6-5-11-26(27)29-14-9-13-28(25)37(29)30/h5-23H,1-4H3. The highest BCUT2D eigenvalue weighted by molar-refractivity contribution is 6.18. The average Bonchev–Trinajstić information content (AvgIpc) is 3.32. The average molecular weight is 526 g/mol. The number of nitrogens with zero attached hydrogens (tertiary/aromatic N) is 1. The molecule has 0 unspecified atom stereocenters. The molecule has 2 aliphatic heterocycles. The summed E-state index contributed by atoms with van der Waals surface area (Å²) in [5, 5.41) is 2.71. The van der Waals surface area contributed by atoms with Gasteiger partial charge in [0, 0.05) is 10.8 Å². The molecule has 9 rings (SSSR count). The topological polar surface area (TPSA) is 3.24 Å². The van der Waals surface area contributed by atoms with Crippen LogP contribution in [0.25, 0.3) is 44.2 Å². The minimum absolute atomic E-state index is 0.0613. The maximum atomic E-state index is 2.54. The summed E-state index contributed by atoms with van der Waals surface area (Å²) in [6.07, 6.45) is 0. The first-order valence-electron chi connectivity index (χ1n) is 14.7. The van der Waals surface area contributed by atoms with Crippen molar-refractivity contribution in [2.45, 2.75) is 38.5 Å². The van der Waals surface area contributed by atoms with Gasteiger partial charge in [-0.05, 0) is 84.6 Å². The molecule has 1 heteroatoms. The molecule has 6 aromatic carbocycles. The number of hydrogen-bond donors (Lipinski definition) is 0. The molecule has 0 N–H and O–H groups in total. The second-order valence-electron chi connectivity index (χ2n) is 13.0. The van der Waals surface area contributed by atoms with Crippen LogP contribution in [-0.2, 0) is 10.8 Å². The molecule has 1 aliphatic carbocycles. The van der Waals surface area contributed by atoms with Crippen LogP contribution in [0.1, 0.15) is 49.9 Å². The van der Waals surface area contributed by atoms with Crippen molar-refractivity contribution in [1.82, 2.24) is 0 Å². The van der Waals surface area contributed by atoms with Crippen molar-refractivity contribution in [1.29, 1.82) is 0 Å². The van der Waals surface area contributed by atoms with Crippen LogP contribution in [-0.4, -0.2) is 0 Å². The Morgan fingerprint density at radius 1 is 0.439 bits per heavy atom. The van der Waals surface area contributed by atoms with Crippen LogP contribution < -0.4 is 4.90 Å². The number of benzene rings is 6. The quantitative estimate of drug-likeness (QED) is 0.206. The van der Waals surface area contributed by atoms with Crippen LogP contribution in [0.3, 0.4) is 0 Å². The molecule has 6 aromatic rings. The molecular formula is C40H31N. The highest BCUT2D eigenvalue weighted by Gasteiger charge is 2.45. The van der Waals surface area contributed by atoms with Gasteiger partial charge in [-0.1, -0.05) is 125 Å². The van der Waals surface area contributed by atoms with Crippen molar-refractivity contribution in [3.05, 3.63) is 138 Å². The van der Waals surface area contributed by atoms with Gasteiger partial charge in [0.05, 0.1) is 17.1 Å². The fraction of sp³-hybridized carbons (Fsp3) is 0.150.